The molecule has 40 heavy (non-hydrogen) atoms. The van der Waals surface area contributed by atoms with E-state index in [1.807, 2.05) is 12.1 Å². The monoisotopic (exact) mass is 553 g/mol. The van der Waals surface area contributed by atoms with Gasteiger partial charge in [-0.2, -0.15) is 0 Å². The summed E-state index contributed by atoms with van der Waals surface area (Å²) >= 11 is 0. The number of aromatic nitrogens is 3. The highest BCUT2D eigenvalue weighted by Crippen LogP contribution is 2.36. The minimum atomic E-state index is -0.413. The molecule has 3 N–H and O–H groups in total. The molecule has 2 aliphatic heterocycles. The predicted octanol–water partition coefficient (Wildman–Crippen LogP) is 3.70. The van der Waals surface area contributed by atoms with E-state index in [0.29, 0.717) is 73.1 Å². The van der Waals surface area contributed by atoms with Crippen molar-refractivity contribution in [1.29, 1.82) is 0 Å². The Bertz CT molecular complexity index is 1360. The fraction of sp³-hybridized carbons (Fsp3) is 0.517. The minimum absolute atomic E-state index is 0.00272. The Kier molecular flexibility index (Phi) is 8.43. The Morgan fingerprint density at radius 1 is 1.23 bits per heavy atom. The van der Waals surface area contributed by atoms with E-state index in [4.69, 9.17) is 19.3 Å². The van der Waals surface area contributed by atoms with E-state index in [1.165, 1.54) is 6.20 Å². The molecule has 2 unspecified atom stereocenters. The van der Waals surface area contributed by atoms with Crippen LogP contribution in [0.1, 0.15) is 57.2 Å². The van der Waals surface area contributed by atoms with Crippen molar-refractivity contribution in [2.45, 2.75) is 70.1 Å². The van der Waals surface area contributed by atoms with Gasteiger partial charge in [-0.3, -0.25) is 9.78 Å². The maximum atomic E-state index is 14.9. The van der Waals surface area contributed by atoms with Crippen LogP contribution < -0.4 is 20.1 Å². The maximum Gasteiger partial charge on any atom is 0.263 e. The molecule has 3 aromatic heterocycles. The average molecular weight is 554 g/mol. The Balaban J connectivity index is 1.21. The van der Waals surface area contributed by atoms with Gasteiger partial charge in [-0.15, -0.1) is 0 Å². The fourth-order valence-electron chi connectivity index (χ4n) is 5.11. The van der Waals surface area contributed by atoms with Gasteiger partial charge in [0.25, 0.3) is 5.91 Å². The molecular weight excluding hydrogens is 517 g/mol. The molecule has 2 aliphatic rings. The van der Waals surface area contributed by atoms with E-state index in [9.17, 15) is 9.18 Å². The Morgan fingerprint density at radius 3 is 2.88 bits per heavy atom. The van der Waals surface area contributed by atoms with Crippen LogP contribution in [-0.2, 0) is 22.5 Å². The zero-order chi connectivity index (χ0) is 28.2. The summed E-state index contributed by atoms with van der Waals surface area (Å²) in [4.78, 5) is 24.9. The lowest BCUT2D eigenvalue weighted by molar-refractivity contribution is -0.118. The molecule has 1 amide bonds. The number of carbonyl (C=O) groups excluding carboxylic acids is 1. The molecule has 1 saturated heterocycles. The first-order valence-electron chi connectivity index (χ1n) is 13.8. The fourth-order valence-corrected chi connectivity index (χ4v) is 5.11. The summed E-state index contributed by atoms with van der Waals surface area (Å²) in [6.07, 6.45) is 5.40. The number of anilines is 1. The number of nitrogens with zero attached hydrogens (tertiary/aromatic N) is 3. The first-order valence-corrected chi connectivity index (χ1v) is 13.8. The van der Waals surface area contributed by atoms with Gasteiger partial charge in [0.1, 0.15) is 5.82 Å². The molecule has 0 aromatic carbocycles. The SMILES string of the molecule is CCC1(NCc2ccc3c(n2)NC(=O)CO3)CCC(C)(CCc2c(F)cnc3ccc(OCCCO)nc23)OC1. The lowest BCUT2D eigenvalue weighted by atomic mass is 9.80. The van der Waals surface area contributed by atoms with Crippen LogP contribution in [0.2, 0.25) is 0 Å². The highest BCUT2D eigenvalue weighted by atomic mass is 19.1. The highest BCUT2D eigenvalue weighted by Gasteiger charge is 2.40. The first-order chi connectivity index (χ1) is 19.3. The van der Waals surface area contributed by atoms with Crippen LogP contribution in [0.5, 0.6) is 11.6 Å². The van der Waals surface area contributed by atoms with Crippen LogP contribution >= 0.6 is 0 Å². The number of aliphatic hydroxyl groups excluding tert-OH is 1. The van der Waals surface area contributed by atoms with Gasteiger partial charge in [-0.25, -0.2) is 14.4 Å². The summed E-state index contributed by atoms with van der Waals surface area (Å²) in [6.45, 7) is 5.63. The summed E-state index contributed by atoms with van der Waals surface area (Å²) in [5, 5.41) is 15.4. The van der Waals surface area contributed by atoms with Gasteiger partial charge in [-0.05, 0) is 57.2 Å². The average Bonchev–Trinajstić information content (AvgIpc) is 2.96. The van der Waals surface area contributed by atoms with Gasteiger partial charge in [0.05, 0.1) is 41.7 Å². The molecule has 0 saturated carbocycles. The number of ether oxygens (including phenoxy) is 3. The lowest BCUT2D eigenvalue weighted by Gasteiger charge is -2.45. The molecule has 2 atom stereocenters. The zero-order valence-corrected chi connectivity index (χ0v) is 23.0. The van der Waals surface area contributed by atoms with Crippen LogP contribution in [0.25, 0.3) is 11.0 Å². The molecule has 5 rings (SSSR count). The van der Waals surface area contributed by atoms with Gasteiger partial charge in [0.2, 0.25) is 5.88 Å². The van der Waals surface area contributed by atoms with E-state index < -0.39 is 11.4 Å². The third-order valence-corrected chi connectivity index (χ3v) is 7.88. The molecule has 3 aromatic rings. The third kappa shape index (κ3) is 6.32. The second-order valence-electron chi connectivity index (χ2n) is 10.7. The van der Waals surface area contributed by atoms with E-state index in [1.54, 1.807) is 12.1 Å². The Morgan fingerprint density at radius 2 is 2.10 bits per heavy atom. The summed E-state index contributed by atoms with van der Waals surface area (Å²) in [5.41, 5.74) is 1.78. The van der Waals surface area contributed by atoms with Gasteiger partial charge < -0.3 is 30.0 Å². The normalized spacial score (nSPS) is 22.4. The molecule has 11 heteroatoms. The maximum absolute atomic E-state index is 14.9. The van der Waals surface area contributed by atoms with Crippen LogP contribution in [0.4, 0.5) is 10.2 Å². The van der Waals surface area contributed by atoms with Gasteiger partial charge in [0.15, 0.2) is 18.2 Å². The van der Waals surface area contributed by atoms with Crippen LogP contribution in [0.15, 0.2) is 30.5 Å². The number of fused-ring (bicyclic) bond motifs is 2. The van der Waals surface area contributed by atoms with E-state index in [2.05, 4.69) is 39.4 Å². The quantitative estimate of drug-likeness (QED) is 0.305. The number of hydrogen-bond donors (Lipinski definition) is 3. The molecule has 0 radical (unpaired) electrons. The van der Waals surface area contributed by atoms with Gasteiger partial charge in [0, 0.05) is 36.7 Å². The molecule has 0 spiro atoms. The van der Waals surface area contributed by atoms with Crippen molar-refractivity contribution >= 4 is 22.8 Å². The molecule has 214 valence electrons. The second-order valence-corrected chi connectivity index (χ2v) is 10.7. The number of aliphatic hydroxyl groups is 1. The number of aryl methyl sites for hydroxylation is 1. The summed E-state index contributed by atoms with van der Waals surface area (Å²) in [6, 6.07) is 7.21. The summed E-state index contributed by atoms with van der Waals surface area (Å²) in [5.74, 6) is 0.803. The highest BCUT2D eigenvalue weighted by molar-refractivity contribution is 5.94. The number of hydrogen-bond acceptors (Lipinski definition) is 9. The molecule has 1 fully saturated rings. The molecule has 0 aliphatic carbocycles. The number of amides is 1. The van der Waals surface area contributed by atoms with Crippen molar-refractivity contribution < 1.29 is 28.5 Å². The van der Waals surface area contributed by atoms with Crippen LogP contribution in [-0.4, -0.2) is 63.5 Å². The topological polar surface area (TPSA) is 128 Å². The van der Waals surface area contributed by atoms with Gasteiger partial charge >= 0.3 is 0 Å². The number of rotatable bonds is 11. The predicted molar refractivity (Wildman–Crippen MR) is 147 cm³/mol. The number of halogens is 1. The van der Waals surface area contributed by atoms with E-state index >= 15 is 0 Å². The summed E-state index contributed by atoms with van der Waals surface area (Å²) in [7, 11) is 0. The smallest absolute Gasteiger partial charge is 0.263 e. The third-order valence-electron chi connectivity index (χ3n) is 7.88. The number of pyridine rings is 3. The standard InChI is InChI=1S/C29H36FN5O5/c1-3-29(32-15-19-5-7-23-27(33-19)34-24(37)17-39-23)12-11-28(2,40-18-29)10-9-20-21(30)16-31-22-6-8-25(35-26(20)22)38-14-4-13-36/h5-8,16,32,36H,3-4,9-15,17-18H2,1-2H3,(H,33,34,37). The second kappa shape index (κ2) is 12.0. The van der Waals surface area contributed by atoms with Crippen molar-refractivity contribution in [1.82, 2.24) is 20.3 Å². The summed E-state index contributed by atoms with van der Waals surface area (Å²) < 4.78 is 32.4. The number of nitrogens with one attached hydrogen (secondary N) is 2. The molecule has 5 heterocycles. The van der Waals surface area contributed by atoms with Crippen LogP contribution in [0.3, 0.4) is 0 Å². The van der Waals surface area contributed by atoms with Crippen molar-refractivity contribution in [3.05, 3.63) is 47.5 Å². The molecule has 10 nitrogen and oxygen atoms in total. The van der Waals surface area contributed by atoms with Gasteiger partial charge in [-0.1, -0.05) is 6.92 Å². The molecule has 0 bridgehead atoms. The van der Waals surface area contributed by atoms with Crippen molar-refractivity contribution in [3.8, 4) is 11.6 Å². The van der Waals surface area contributed by atoms with Crippen molar-refractivity contribution in [2.75, 3.05) is 31.7 Å². The molecular formula is C29H36FN5O5. The van der Waals surface area contributed by atoms with Crippen molar-refractivity contribution in [3.63, 3.8) is 0 Å². The van der Waals surface area contributed by atoms with E-state index in [0.717, 1.165) is 25.0 Å². The Hall–Kier alpha value is -3.41. The number of carbonyl (C=O) groups is 1. The first kappa shape index (κ1) is 28.1. The van der Waals surface area contributed by atoms with Crippen LogP contribution in [0, 0.1) is 5.82 Å². The Labute approximate surface area is 232 Å². The minimum Gasteiger partial charge on any atom is -0.480 e. The lowest BCUT2D eigenvalue weighted by Crippen LogP contribution is -2.55. The van der Waals surface area contributed by atoms with E-state index in [-0.39, 0.29) is 24.7 Å². The zero-order valence-electron chi connectivity index (χ0n) is 23.0. The largest absolute Gasteiger partial charge is 0.480 e. The van der Waals surface area contributed by atoms with Crippen molar-refractivity contribution in [2.24, 2.45) is 0 Å².